The van der Waals surface area contributed by atoms with Crippen LogP contribution in [0.1, 0.15) is 41.4 Å². The molecule has 0 aliphatic carbocycles. The summed E-state index contributed by atoms with van der Waals surface area (Å²) < 4.78 is 38.2. The lowest BCUT2D eigenvalue weighted by atomic mass is 9.96. The molecule has 1 aliphatic heterocycles. The molecule has 3 rings (SSSR count). The van der Waals surface area contributed by atoms with Crippen molar-refractivity contribution in [1.29, 1.82) is 0 Å². The Hall–Kier alpha value is -2.31. The van der Waals surface area contributed by atoms with Gasteiger partial charge >= 0.3 is 6.18 Å². The number of likely N-dealkylation sites (tertiary alicyclic amines) is 1. The van der Waals surface area contributed by atoms with Crippen LogP contribution in [0.5, 0.6) is 0 Å². The van der Waals surface area contributed by atoms with Crippen molar-refractivity contribution in [3.8, 4) is 0 Å². The van der Waals surface area contributed by atoms with E-state index < -0.39 is 11.9 Å². The summed E-state index contributed by atoms with van der Waals surface area (Å²) in [5.41, 5.74) is 1.20. The molecule has 0 unspecified atom stereocenters. The average molecular weight is 351 g/mol. The van der Waals surface area contributed by atoms with Crippen molar-refractivity contribution in [1.82, 2.24) is 14.9 Å². The summed E-state index contributed by atoms with van der Waals surface area (Å²) in [6, 6.07) is 7.71. The van der Waals surface area contributed by atoms with Crippen molar-refractivity contribution < 1.29 is 18.0 Å². The fourth-order valence-corrected chi connectivity index (χ4v) is 3.20. The van der Waals surface area contributed by atoms with Crippen LogP contribution in [0.25, 0.3) is 0 Å². The molecule has 0 radical (unpaired) electrons. The number of aromatic amines is 1. The van der Waals surface area contributed by atoms with Crippen LogP contribution in [0.2, 0.25) is 0 Å². The molecule has 1 aromatic carbocycles. The fourth-order valence-electron chi connectivity index (χ4n) is 3.20. The molecule has 7 heteroatoms. The predicted octanol–water partition coefficient (Wildman–Crippen LogP) is 3.69. The number of H-pyrrole nitrogens is 1. The molecule has 0 bridgehead atoms. The number of nitrogens with one attached hydrogen (secondary N) is 1. The Labute approximate surface area is 144 Å². The Bertz CT molecular complexity index is 754. The highest BCUT2D eigenvalue weighted by atomic mass is 19.4. The van der Waals surface area contributed by atoms with Gasteiger partial charge in [0.15, 0.2) is 0 Å². The maximum Gasteiger partial charge on any atom is 0.432 e. The van der Waals surface area contributed by atoms with Gasteiger partial charge in [-0.3, -0.25) is 4.79 Å². The second kappa shape index (κ2) is 6.90. The number of halogens is 3. The van der Waals surface area contributed by atoms with Gasteiger partial charge < -0.3 is 9.88 Å². The second-order valence-corrected chi connectivity index (χ2v) is 6.46. The molecule has 1 N–H and O–H groups in total. The molecule has 1 fully saturated rings. The van der Waals surface area contributed by atoms with E-state index in [1.54, 1.807) is 4.90 Å². The number of amides is 1. The van der Waals surface area contributed by atoms with Crippen molar-refractivity contribution in [2.45, 2.75) is 38.3 Å². The maximum atomic E-state index is 12.7. The fraction of sp³-hybridized carbons (Fsp3) is 0.444. The third kappa shape index (κ3) is 4.03. The number of piperidine rings is 1. The third-order valence-corrected chi connectivity index (χ3v) is 4.66. The minimum Gasteiger partial charge on any atom is -0.342 e. The number of aryl methyl sites for hydroxylation is 1. The standard InChI is InChI=1S/C18H20F3N3O/c1-12-5-2-3-6-13(12)9-16(25)24-8-4-7-14(11-24)17-22-10-15(23-17)18(19,20)21/h2-3,5-6,10,14H,4,7-9,11H2,1H3,(H,22,23)/t14-/m1/s1. The molecule has 4 nitrogen and oxygen atoms in total. The smallest absolute Gasteiger partial charge is 0.342 e. The molecular weight excluding hydrogens is 331 g/mol. The van der Waals surface area contributed by atoms with Crippen LogP contribution in [0.15, 0.2) is 30.5 Å². The number of carbonyl (C=O) groups excluding carboxylic acids is 1. The average Bonchev–Trinajstić information content (AvgIpc) is 3.07. The second-order valence-electron chi connectivity index (χ2n) is 6.46. The first-order valence-electron chi connectivity index (χ1n) is 8.29. The number of rotatable bonds is 3. The van der Waals surface area contributed by atoms with E-state index in [9.17, 15) is 18.0 Å². The Morgan fingerprint density at radius 2 is 2.12 bits per heavy atom. The maximum absolute atomic E-state index is 12.7. The van der Waals surface area contributed by atoms with E-state index in [2.05, 4.69) is 9.97 Å². The monoisotopic (exact) mass is 351 g/mol. The number of hydrogen-bond donors (Lipinski definition) is 1. The molecule has 2 aromatic rings. The lowest BCUT2D eigenvalue weighted by Gasteiger charge is -2.32. The van der Waals surface area contributed by atoms with Crippen molar-refractivity contribution in [2.24, 2.45) is 0 Å². The Balaban J connectivity index is 1.67. The topological polar surface area (TPSA) is 49.0 Å². The van der Waals surface area contributed by atoms with Crippen molar-refractivity contribution >= 4 is 5.91 Å². The first-order chi connectivity index (χ1) is 11.8. The Kier molecular flexibility index (Phi) is 4.83. The van der Waals surface area contributed by atoms with Crippen molar-refractivity contribution in [2.75, 3.05) is 13.1 Å². The zero-order valence-corrected chi connectivity index (χ0v) is 13.9. The van der Waals surface area contributed by atoms with Gasteiger partial charge in [0.25, 0.3) is 0 Å². The van der Waals surface area contributed by atoms with Gasteiger partial charge in [0.2, 0.25) is 5.91 Å². The van der Waals surface area contributed by atoms with Gasteiger partial charge in [-0.05, 0) is 30.9 Å². The third-order valence-electron chi connectivity index (χ3n) is 4.66. The summed E-state index contributed by atoms with van der Waals surface area (Å²) >= 11 is 0. The van der Waals surface area contributed by atoms with Crippen LogP contribution >= 0.6 is 0 Å². The van der Waals surface area contributed by atoms with Gasteiger partial charge in [-0.15, -0.1) is 0 Å². The Morgan fingerprint density at radius 1 is 1.36 bits per heavy atom. The SMILES string of the molecule is Cc1ccccc1CC(=O)N1CCC[C@@H](c2ncc(C(F)(F)F)[nH]2)C1. The molecular formula is C18H20F3N3O. The van der Waals surface area contributed by atoms with Gasteiger partial charge in [0.05, 0.1) is 12.6 Å². The quantitative estimate of drug-likeness (QED) is 0.917. The van der Waals surface area contributed by atoms with Gasteiger partial charge in [-0.1, -0.05) is 24.3 Å². The van der Waals surface area contributed by atoms with E-state index >= 15 is 0 Å². The van der Waals surface area contributed by atoms with Crippen molar-refractivity contribution in [3.63, 3.8) is 0 Å². The summed E-state index contributed by atoms with van der Waals surface area (Å²) in [7, 11) is 0. The van der Waals surface area contributed by atoms with E-state index in [1.807, 2.05) is 31.2 Å². The zero-order chi connectivity index (χ0) is 18.0. The van der Waals surface area contributed by atoms with Crippen LogP contribution in [0.3, 0.4) is 0 Å². The molecule has 2 heterocycles. The summed E-state index contributed by atoms with van der Waals surface area (Å²) in [5.74, 6) is 0.119. The van der Waals surface area contributed by atoms with E-state index in [1.165, 1.54) is 0 Å². The molecule has 25 heavy (non-hydrogen) atoms. The molecule has 1 atom stereocenters. The molecule has 1 aliphatic rings. The van der Waals surface area contributed by atoms with E-state index in [0.717, 1.165) is 30.2 Å². The van der Waals surface area contributed by atoms with Crippen LogP contribution in [0, 0.1) is 6.92 Å². The molecule has 1 saturated heterocycles. The minimum absolute atomic E-state index is 0.00148. The zero-order valence-electron chi connectivity index (χ0n) is 13.9. The molecule has 0 saturated carbocycles. The highest BCUT2D eigenvalue weighted by Crippen LogP contribution is 2.31. The molecule has 0 spiro atoms. The van der Waals surface area contributed by atoms with Gasteiger partial charge in [-0.25, -0.2) is 4.98 Å². The van der Waals surface area contributed by atoms with Gasteiger partial charge in [-0.2, -0.15) is 13.2 Å². The van der Waals surface area contributed by atoms with Crippen LogP contribution < -0.4 is 0 Å². The van der Waals surface area contributed by atoms with Crippen molar-refractivity contribution in [3.05, 3.63) is 53.1 Å². The largest absolute Gasteiger partial charge is 0.432 e. The first kappa shape index (κ1) is 17.5. The van der Waals surface area contributed by atoms with E-state index in [0.29, 0.717) is 25.3 Å². The highest BCUT2D eigenvalue weighted by molar-refractivity contribution is 5.79. The lowest BCUT2D eigenvalue weighted by Crippen LogP contribution is -2.40. The summed E-state index contributed by atoms with van der Waals surface area (Å²) in [6.45, 7) is 2.99. The number of alkyl halides is 3. The highest BCUT2D eigenvalue weighted by Gasteiger charge is 2.34. The number of aromatic nitrogens is 2. The Morgan fingerprint density at radius 3 is 2.80 bits per heavy atom. The molecule has 1 amide bonds. The van der Waals surface area contributed by atoms with E-state index in [4.69, 9.17) is 0 Å². The van der Waals surface area contributed by atoms with Gasteiger partial charge in [0, 0.05) is 19.0 Å². The first-order valence-corrected chi connectivity index (χ1v) is 8.29. The van der Waals surface area contributed by atoms with Crippen LogP contribution in [-0.4, -0.2) is 33.9 Å². The lowest BCUT2D eigenvalue weighted by molar-refractivity contribution is -0.141. The summed E-state index contributed by atoms with van der Waals surface area (Å²) in [5, 5.41) is 0. The normalized spacial score (nSPS) is 18.4. The van der Waals surface area contributed by atoms with E-state index in [-0.39, 0.29) is 11.8 Å². The minimum atomic E-state index is -4.43. The van der Waals surface area contributed by atoms with Crippen LogP contribution in [0.4, 0.5) is 13.2 Å². The number of imidazole rings is 1. The number of nitrogens with zero attached hydrogens (tertiary/aromatic N) is 2. The van der Waals surface area contributed by atoms with Crippen LogP contribution in [-0.2, 0) is 17.4 Å². The number of hydrogen-bond acceptors (Lipinski definition) is 2. The molecule has 134 valence electrons. The number of carbonyl (C=O) groups is 1. The summed E-state index contributed by atoms with van der Waals surface area (Å²) in [4.78, 5) is 20.6. The van der Waals surface area contributed by atoms with Gasteiger partial charge in [0.1, 0.15) is 11.5 Å². The summed E-state index contributed by atoms with van der Waals surface area (Å²) in [6.07, 6.45) is -1.82. The predicted molar refractivity (Wildman–Crippen MR) is 87.0 cm³/mol. The molecule has 1 aromatic heterocycles. The number of benzene rings is 1.